The summed E-state index contributed by atoms with van der Waals surface area (Å²) in [5.41, 5.74) is -0.757. The number of aliphatic carboxylic acids is 1. The lowest BCUT2D eigenvalue weighted by atomic mass is 9.76. The number of amides is 1. The van der Waals surface area contributed by atoms with Gasteiger partial charge in [-0.25, -0.2) is 4.79 Å². The number of carboxylic acids is 1. The van der Waals surface area contributed by atoms with Gasteiger partial charge in [0, 0.05) is 24.7 Å². The largest absolute Gasteiger partial charge is 0.480 e. The van der Waals surface area contributed by atoms with Crippen LogP contribution in [0.3, 0.4) is 0 Å². The molecule has 3 rings (SSSR count). The van der Waals surface area contributed by atoms with E-state index in [-0.39, 0.29) is 11.3 Å². The van der Waals surface area contributed by atoms with Crippen LogP contribution in [0.4, 0.5) is 11.4 Å². The number of nitrogens with one attached hydrogen (secondary N) is 1. The first-order chi connectivity index (χ1) is 12.7. The van der Waals surface area contributed by atoms with Crippen LogP contribution in [0.5, 0.6) is 0 Å². The Bertz CT molecular complexity index is 765. The molecule has 0 radical (unpaired) electrons. The molecule has 1 aromatic rings. The van der Waals surface area contributed by atoms with E-state index in [4.69, 9.17) is 0 Å². The number of carbonyl (C=O) groups is 2. The van der Waals surface area contributed by atoms with Crippen molar-refractivity contribution in [3.63, 3.8) is 0 Å². The SMILES string of the molecule is CC1CC(C)CN(c2ccc(C(=O)NC3(C(=O)O)CCC3)cc2[N+](=O)[O-])C1. The summed E-state index contributed by atoms with van der Waals surface area (Å²) in [7, 11) is 0. The normalized spacial score (nSPS) is 24.0. The average Bonchev–Trinajstić information content (AvgIpc) is 2.56. The fourth-order valence-electron chi connectivity index (χ4n) is 4.15. The van der Waals surface area contributed by atoms with Crippen molar-refractivity contribution in [3.8, 4) is 0 Å². The van der Waals surface area contributed by atoms with Gasteiger partial charge in [0.1, 0.15) is 11.2 Å². The van der Waals surface area contributed by atoms with Crippen molar-refractivity contribution in [3.05, 3.63) is 33.9 Å². The molecule has 0 bridgehead atoms. The monoisotopic (exact) mass is 375 g/mol. The Morgan fingerprint density at radius 3 is 2.37 bits per heavy atom. The highest BCUT2D eigenvalue weighted by molar-refractivity contribution is 5.99. The Morgan fingerprint density at radius 2 is 1.89 bits per heavy atom. The number of carbonyl (C=O) groups excluding carboxylic acids is 1. The van der Waals surface area contributed by atoms with Gasteiger partial charge in [0.05, 0.1) is 4.92 Å². The van der Waals surface area contributed by atoms with Gasteiger partial charge in [0.15, 0.2) is 0 Å². The van der Waals surface area contributed by atoms with Crippen LogP contribution in [0.25, 0.3) is 0 Å². The Labute approximate surface area is 157 Å². The molecule has 1 amide bonds. The highest BCUT2D eigenvalue weighted by Gasteiger charge is 2.46. The van der Waals surface area contributed by atoms with E-state index < -0.39 is 22.3 Å². The number of benzene rings is 1. The van der Waals surface area contributed by atoms with Gasteiger partial charge in [-0.2, -0.15) is 0 Å². The van der Waals surface area contributed by atoms with Crippen LogP contribution in [0.15, 0.2) is 18.2 Å². The molecular weight excluding hydrogens is 350 g/mol. The molecule has 1 saturated carbocycles. The number of hydrogen-bond donors (Lipinski definition) is 2. The van der Waals surface area contributed by atoms with Crippen LogP contribution < -0.4 is 10.2 Å². The van der Waals surface area contributed by atoms with E-state index in [0.717, 1.165) is 25.9 Å². The van der Waals surface area contributed by atoms with Gasteiger partial charge in [0.2, 0.25) is 0 Å². The minimum atomic E-state index is -1.25. The average molecular weight is 375 g/mol. The van der Waals surface area contributed by atoms with Crippen LogP contribution in [0.1, 0.15) is 49.9 Å². The molecule has 2 N–H and O–H groups in total. The van der Waals surface area contributed by atoms with Crippen molar-refractivity contribution >= 4 is 23.3 Å². The van der Waals surface area contributed by atoms with Crippen molar-refractivity contribution < 1.29 is 19.6 Å². The number of anilines is 1. The first-order valence-electron chi connectivity index (χ1n) is 9.31. The molecule has 0 spiro atoms. The van der Waals surface area contributed by atoms with Crippen LogP contribution in [0.2, 0.25) is 0 Å². The van der Waals surface area contributed by atoms with Gasteiger partial charge >= 0.3 is 5.97 Å². The fourth-order valence-corrected chi connectivity index (χ4v) is 4.15. The molecule has 0 aromatic heterocycles. The number of piperidine rings is 1. The first kappa shape index (κ1) is 19.1. The highest BCUT2D eigenvalue weighted by Crippen LogP contribution is 2.35. The molecule has 2 aliphatic rings. The molecule has 2 fully saturated rings. The van der Waals surface area contributed by atoms with Crippen molar-refractivity contribution in [2.24, 2.45) is 11.8 Å². The van der Waals surface area contributed by atoms with Crippen LogP contribution >= 0.6 is 0 Å². The van der Waals surface area contributed by atoms with E-state index in [1.807, 2.05) is 4.90 Å². The second-order valence-electron chi connectivity index (χ2n) is 8.01. The van der Waals surface area contributed by atoms with E-state index >= 15 is 0 Å². The predicted molar refractivity (Wildman–Crippen MR) is 99.9 cm³/mol. The Morgan fingerprint density at radius 1 is 1.26 bits per heavy atom. The van der Waals surface area contributed by atoms with Gasteiger partial charge in [-0.3, -0.25) is 14.9 Å². The lowest BCUT2D eigenvalue weighted by Crippen LogP contribution is -2.59. The lowest BCUT2D eigenvalue weighted by Gasteiger charge is -2.38. The van der Waals surface area contributed by atoms with E-state index in [1.54, 1.807) is 6.07 Å². The summed E-state index contributed by atoms with van der Waals surface area (Å²) >= 11 is 0. The smallest absolute Gasteiger partial charge is 0.329 e. The first-order valence-corrected chi connectivity index (χ1v) is 9.31. The zero-order valence-corrected chi connectivity index (χ0v) is 15.6. The third kappa shape index (κ3) is 3.74. The summed E-state index contributed by atoms with van der Waals surface area (Å²) in [5, 5.41) is 23.5. The van der Waals surface area contributed by atoms with Crippen molar-refractivity contribution in [2.75, 3.05) is 18.0 Å². The quantitative estimate of drug-likeness (QED) is 0.604. The van der Waals surface area contributed by atoms with Crippen molar-refractivity contribution in [1.29, 1.82) is 0 Å². The summed E-state index contributed by atoms with van der Waals surface area (Å²) in [6.07, 6.45) is 2.56. The molecule has 1 aromatic carbocycles. The van der Waals surface area contributed by atoms with E-state index in [1.165, 1.54) is 12.1 Å². The molecule has 2 atom stereocenters. The number of nitro groups is 1. The molecular formula is C19H25N3O5. The van der Waals surface area contributed by atoms with Crippen LogP contribution in [-0.2, 0) is 4.79 Å². The zero-order valence-electron chi connectivity index (χ0n) is 15.6. The van der Waals surface area contributed by atoms with E-state index in [0.29, 0.717) is 30.4 Å². The Kier molecular flexibility index (Phi) is 5.08. The van der Waals surface area contributed by atoms with Crippen molar-refractivity contribution in [2.45, 2.75) is 45.1 Å². The second kappa shape index (κ2) is 7.17. The summed E-state index contributed by atoms with van der Waals surface area (Å²) in [5.74, 6) is -0.785. The Balaban J connectivity index is 1.86. The topological polar surface area (TPSA) is 113 Å². The summed E-state index contributed by atoms with van der Waals surface area (Å²) < 4.78 is 0. The third-order valence-corrected chi connectivity index (χ3v) is 5.61. The van der Waals surface area contributed by atoms with Crippen molar-refractivity contribution in [1.82, 2.24) is 5.32 Å². The van der Waals surface area contributed by atoms with Crippen LogP contribution in [0, 0.1) is 22.0 Å². The molecule has 1 saturated heterocycles. The van der Waals surface area contributed by atoms with Crippen LogP contribution in [-0.4, -0.2) is 40.5 Å². The zero-order chi connectivity index (χ0) is 19.8. The van der Waals surface area contributed by atoms with E-state index in [2.05, 4.69) is 19.2 Å². The minimum absolute atomic E-state index is 0.107. The minimum Gasteiger partial charge on any atom is -0.480 e. The molecule has 2 unspecified atom stereocenters. The fraction of sp³-hybridized carbons (Fsp3) is 0.579. The molecule has 1 aliphatic carbocycles. The maximum absolute atomic E-state index is 12.5. The number of nitro benzene ring substituents is 1. The number of carboxylic acid groups (broad SMARTS) is 1. The molecule has 1 aliphatic heterocycles. The summed E-state index contributed by atoms with van der Waals surface area (Å²) in [4.78, 5) is 37.1. The maximum atomic E-state index is 12.5. The summed E-state index contributed by atoms with van der Waals surface area (Å²) in [6, 6.07) is 4.39. The molecule has 27 heavy (non-hydrogen) atoms. The molecule has 8 heteroatoms. The lowest BCUT2D eigenvalue weighted by molar-refractivity contribution is -0.384. The predicted octanol–water partition coefficient (Wildman–Crippen LogP) is 2.81. The molecule has 8 nitrogen and oxygen atoms in total. The summed E-state index contributed by atoms with van der Waals surface area (Å²) in [6.45, 7) is 5.72. The second-order valence-corrected chi connectivity index (χ2v) is 8.01. The number of rotatable bonds is 5. The molecule has 146 valence electrons. The van der Waals surface area contributed by atoms with Gasteiger partial charge in [-0.1, -0.05) is 13.8 Å². The third-order valence-electron chi connectivity index (χ3n) is 5.61. The standard InChI is InChI=1S/C19H25N3O5/c1-12-8-13(2)11-21(10-12)15-5-4-14(9-16(15)22(26)27)17(23)20-19(18(24)25)6-3-7-19/h4-5,9,12-13H,3,6-8,10-11H2,1-2H3,(H,20,23)(H,24,25). The maximum Gasteiger partial charge on any atom is 0.329 e. The molecule has 1 heterocycles. The van der Waals surface area contributed by atoms with Gasteiger partial charge in [-0.05, 0) is 49.7 Å². The number of nitrogens with zero attached hydrogens (tertiary/aromatic N) is 2. The highest BCUT2D eigenvalue weighted by atomic mass is 16.6. The van der Waals surface area contributed by atoms with Gasteiger partial charge < -0.3 is 15.3 Å². The van der Waals surface area contributed by atoms with Gasteiger partial charge in [0.25, 0.3) is 11.6 Å². The Hall–Kier alpha value is -2.64. The number of hydrogen-bond acceptors (Lipinski definition) is 5. The van der Waals surface area contributed by atoms with Gasteiger partial charge in [-0.15, -0.1) is 0 Å². The van der Waals surface area contributed by atoms with E-state index in [9.17, 15) is 24.8 Å².